The zero-order chi connectivity index (χ0) is 29.4. The molecule has 3 heterocycles. The smallest absolute Gasteiger partial charge is 0.352 e. The Morgan fingerprint density at radius 1 is 0.854 bits per heavy atom. The van der Waals surface area contributed by atoms with E-state index in [1.165, 1.54) is 24.4 Å². The predicted octanol–water partition coefficient (Wildman–Crippen LogP) is 7.08. The van der Waals surface area contributed by atoms with E-state index in [0.717, 1.165) is 18.2 Å². The van der Waals surface area contributed by atoms with E-state index < -0.39 is 23.5 Å². The van der Waals surface area contributed by atoms with E-state index in [4.69, 9.17) is 11.6 Å². The van der Waals surface area contributed by atoms with E-state index in [-0.39, 0.29) is 49.2 Å². The molecule has 2 aromatic carbocycles. The summed E-state index contributed by atoms with van der Waals surface area (Å²) < 4.78 is 79.8. The largest absolute Gasteiger partial charge is 0.419 e. The molecular weight excluding hydrogens is 572 g/mol. The number of pyridine rings is 1. The minimum absolute atomic E-state index is 0.0587. The van der Waals surface area contributed by atoms with Gasteiger partial charge in [0.2, 0.25) is 11.9 Å². The predicted molar refractivity (Wildman–Crippen MR) is 143 cm³/mol. The average molecular weight is 594 g/mol. The lowest BCUT2D eigenvalue weighted by Gasteiger charge is -2.41. The summed E-state index contributed by atoms with van der Waals surface area (Å²) in [6.07, 6.45) is -7.71. The lowest BCUT2D eigenvalue weighted by atomic mass is 10.1. The van der Waals surface area contributed by atoms with E-state index in [1.54, 1.807) is 29.2 Å². The first-order valence-corrected chi connectivity index (χ1v) is 12.8. The molecule has 0 aliphatic carbocycles. The number of hydrogen-bond acceptors (Lipinski definition) is 7. The molecule has 1 atom stereocenters. The van der Waals surface area contributed by atoms with Crippen LogP contribution in [0.25, 0.3) is 11.4 Å². The number of nitrogens with zero attached hydrogens (tertiary/aromatic N) is 6. The third-order valence-electron chi connectivity index (χ3n) is 6.48. The Morgan fingerprint density at radius 3 is 2.24 bits per heavy atom. The number of piperazine rings is 1. The molecule has 1 saturated heterocycles. The molecule has 1 fully saturated rings. The summed E-state index contributed by atoms with van der Waals surface area (Å²) in [6, 6.07) is 13.2. The fourth-order valence-electron chi connectivity index (χ4n) is 4.50. The molecule has 5 rings (SSSR count). The Morgan fingerprint density at radius 2 is 1.59 bits per heavy atom. The standard InChI is InChI=1S/C27H22ClF6N7/c1-16-15-40(23-20(27(32,33)34)6-4-12-35-23)13-14-41(16)25-38-22(19-5-2-3-7-21(19)28)37-24(39-25)36-18-10-8-17(9-11-18)26(29,30)31/h2-12,16H,13-15H2,1H3,(H,36,37,38,39). The molecule has 1 N–H and O–H groups in total. The van der Waals surface area contributed by atoms with Gasteiger partial charge in [-0.2, -0.15) is 41.3 Å². The van der Waals surface area contributed by atoms with Crippen LogP contribution in [-0.2, 0) is 12.4 Å². The molecule has 7 nitrogen and oxygen atoms in total. The van der Waals surface area contributed by atoms with Crippen LogP contribution in [0.2, 0.25) is 5.02 Å². The van der Waals surface area contributed by atoms with E-state index in [0.29, 0.717) is 16.3 Å². The maximum atomic E-state index is 13.6. The van der Waals surface area contributed by atoms with Gasteiger partial charge in [-0.1, -0.05) is 23.7 Å². The Bertz CT molecular complexity index is 1530. The number of nitrogens with one attached hydrogen (secondary N) is 1. The number of anilines is 4. The van der Waals surface area contributed by atoms with Crippen molar-refractivity contribution < 1.29 is 26.3 Å². The van der Waals surface area contributed by atoms with Gasteiger partial charge in [-0.05, 0) is 55.5 Å². The number of benzene rings is 2. The lowest BCUT2D eigenvalue weighted by Crippen LogP contribution is -2.53. The molecule has 214 valence electrons. The highest BCUT2D eigenvalue weighted by Crippen LogP contribution is 2.36. The SMILES string of the molecule is CC1CN(c2ncccc2C(F)(F)F)CCN1c1nc(Nc2ccc(C(F)(F)F)cc2)nc(-c2ccccc2Cl)n1. The van der Waals surface area contributed by atoms with Crippen LogP contribution in [0.15, 0.2) is 66.9 Å². The van der Waals surface area contributed by atoms with Crippen molar-refractivity contribution >= 4 is 35.0 Å². The van der Waals surface area contributed by atoms with Crippen molar-refractivity contribution in [1.29, 1.82) is 0 Å². The summed E-state index contributed by atoms with van der Waals surface area (Å²) >= 11 is 6.39. The van der Waals surface area contributed by atoms with Gasteiger partial charge < -0.3 is 15.1 Å². The molecule has 0 amide bonds. The Hall–Kier alpha value is -4.13. The van der Waals surface area contributed by atoms with E-state index in [1.807, 2.05) is 11.8 Å². The van der Waals surface area contributed by atoms with Gasteiger partial charge in [-0.3, -0.25) is 0 Å². The third kappa shape index (κ3) is 6.29. The summed E-state index contributed by atoms with van der Waals surface area (Å²) in [7, 11) is 0. The van der Waals surface area contributed by atoms with Gasteiger partial charge in [0.15, 0.2) is 5.82 Å². The van der Waals surface area contributed by atoms with Crippen molar-refractivity contribution in [2.24, 2.45) is 0 Å². The van der Waals surface area contributed by atoms with E-state index in [2.05, 4.69) is 25.3 Å². The minimum Gasteiger partial charge on any atom is -0.352 e. The molecule has 2 aromatic heterocycles. The molecule has 0 spiro atoms. The van der Waals surface area contributed by atoms with Crippen LogP contribution >= 0.6 is 11.6 Å². The number of halogens is 7. The first-order valence-electron chi connectivity index (χ1n) is 12.4. The number of alkyl halides is 6. The number of hydrogen-bond donors (Lipinski definition) is 1. The van der Waals surface area contributed by atoms with Crippen LogP contribution in [0.1, 0.15) is 18.1 Å². The summed E-state index contributed by atoms with van der Waals surface area (Å²) in [6.45, 7) is 2.50. The van der Waals surface area contributed by atoms with Crippen molar-refractivity contribution in [2.75, 3.05) is 34.8 Å². The van der Waals surface area contributed by atoms with Crippen LogP contribution in [0.3, 0.4) is 0 Å². The zero-order valence-corrected chi connectivity index (χ0v) is 22.1. The van der Waals surface area contributed by atoms with Gasteiger partial charge in [0.05, 0.1) is 16.1 Å². The highest BCUT2D eigenvalue weighted by molar-refractivity contribution is 6.33. The monoisotopic (exact) mass is 593 g/mol. The van der Waals surface area contributed by atoms with Crippen molar-refractivity contribution in [1.82, 2.24) is 19.9 Å². The molecule has 0 saturated carbocycles. The van der Waals surface area contributed by atoms with Crippen molar-refractivity contribution in [3.63, 3.8) is 0 Å². The Labute approximate surface area is 235 Å². The van der Waals surface area contributed by atoms with Crippen LogP contribution in [0.4, 0.5) is 49.7 Å². The second-order valence-corrected chi connectivity index (χ2v) is 9.73. The molecular formula is C27H22ClF6N7. The lowest BCUT2D eigenvalue weighted by molar-refractivity contribution is -0.138. The quantitative estimate of drug-likeness (QED) is 0.248. The van der Waals surface area contributed by atoms with Crippen molar-refractivity contribution in [2.45, 2.75) is 25.3 Å². The van der Waals surface area contributed by atoms with E-state index >= 15 is 0 Å². The average Bonchev–Trinajstić information content (AvgIpc) is 2.92. The maximum Gasteiger partial charge on any atom is 0.419 e. The minimum atomic E-state index is -4.55. The maximum absolute atomic E-state index is 13.6. The summed E-state index contributed by atoms with van der Waals surface area (Å²) in [4.78, 5) is 20.9. The highest BCUT2D eigenvalue weighted by atomic mass is 35.5. The molecule has 41 heavy (non-hydrogen) atoms. The zero-order valence-electron chi connectivity index (χ0n) is 21.4. The summed E-state index contributed by atoms with van der Waals surface area (Å²) in [5.74, 6) is 0.356. The Kier molecular flexibility index (Phi) is 7.64. The normalized spacial score (nSPS) is 16.1. The third-order valence-corrected chi connectivity index (χ3v) is 6.81. The summed E-state index contributed by atoms with van der Waals surface area (Å²) in [5, 5.41) is 3.29. The Balaban J connectivity index is 1.46. The molecule has 4 aromatic rings. The van der Waals surface area contributed by atoms with Crippen LogP contribution in [0.5, 0.6) is 0 Å². The first kappa shape index (κ1) is 28.4. The van der Waals surface area contributed by atoms with Crippen LogP contribution in [-0.4, -0.2) is 45.6 Å². The van der Waals surface area contributed by atoms with Gasteiger partial charge in [-0.25, -0.2) is 4.98 Å². The van der Waals surface area contributed by atoms with Gasteiger partial charge >= 0.3 is 12.4 Å². The van der Waals surface area contributed by atoms with Gasteiger partial charge in [-0.15, -0.1) is 0 Å². The van der Waals surface area contributed by atoms with E-state index in [9.17, 15) is 26.3 Å². The molecule has 1 aliphatic rings. The van der Waals surface area contributed by atoms with Gasteiger partial charge in [0, 0.05) is 43.1 Å². The summed E-state index contributed by atoms with van der Waals surface area (Å²) in [5.41, 5.74) is -0.801. The van der Waals surface area contributed by atoms with Gasteiger partial charge in [0.25, 0.3) is 0 Å². The highest BCUT2D eigenvalue weighted by Gasteiger charge is 2.37. The first-order chi connectivity index (χ1) is 19.4. The molecule has 1 unspecified atom stereocenters. The fourth-order valence-corrected chi connectivity index (χ4v) is 4.72. The topological polar surface area (TPSA) is 70.1 Å². The second kappa shape index (κ2) is 11.0. The fraction of sp³-hybridized carbons (Fsp3) is 0.259. The second-order valence-electron chi connectivity index (χ2n) is 9.32. The molecule has 14 heteroatoms. The molecule has 0 radical (unpaired) electrons. The molecule has 1 aliphatic heterocycles. The van der Waals surface area contributed by atoms with Crippen LogP contribution in [0, 0.1) is 0 Å². The molecule has 0 bridgehead atoms. The van der Waals surface area contributed by atoms with Crippen molar-refractivity contribution in [3.8, 4) is 11.4 Å². The number of aromatic nitrogens is 4. The van der Waals surface area contributed by atoms with Crippen molar-refractivity contribution in [3.05, 3.63) is 83.0 Å². The van der Waals surface area contributed by atoms with Gasteiger partial charge in [0.1, 0.15) is 5.82 Å². The van der Waals surface area contributed by atoms with Crippen LogP contribution < -0.4 is 15.1 Å². The number of rotatable bonds is 5.